The van der Waals surface area contributed by atoms with E-state index in [0.717, 1.165) is 0 Å². The second-order valence-corrected chi connectivity index (χ2v) is 7.23. The molecular weight excluding hydrogens is 404 g/mol. The van der Waals surface area contributed by atoms with Gasteiger partial charge in [0.2, 0.25) is 29.5 Å². The van der Waals surface area contributed by atoms with Gasteiger partial charge >= 0.3 is 0 Å². The first kappa shape index (κ1) is 28.3. The van der Waals surface area contributed by atoms with E-state index < -0.39 is 0 Å². The number of carbonyl (C=O) groups excluding carboxylic acids is 5. The Labute approximate surface area is 184 Å². The van der Waals surface area contributed by atoms with E-state index in [0.29, 0.717) is 65.4 Å². The molecule has 0 saturated heterocycles. The summed E-state index contributed by atoms with van der Waals surface area (Å²) in [6, 6.07) is 0. The van der Waals surface area contributed by atoms with Gasteiger partial charge in [0.05, 0.1) is 0 Å². The van der Waals surface area contributed by atoms with Crippen LogP contribution in [0.4, 0.5) is 0 Å². The van der Waals surface area contributed by atoms with Gasteiger partial charge in [-0.3, -0.25) is 24.0 Å². The highest BCUT2D eigenvalue weighted by Crippen LogP contribution is 1.95. The fourth-order valence-electron chi connectivity index (χ4n) is 2.81. The fraction of sp³-hybridized carbons (Fsp3) is 0.750. The summed E-state index contributed by atoms with van der Waals surface area (Å²) in [5.41, 5.74) is 0. The molecular formula is C20H38N6O5. The van der Waals surface area contributed by atoms with Crippen molar-refractivity contribution in [3.8, 4) is 0 Å². The van der Waals surface area contributed by atoms with Crippen LogP contribution in [0.3, 0.4) is 0 Å². The van der Waals surface area contributed by atoms with Gasteiger partial charge in [0.15, 0.2) is 0 Å². The number of nitrogens with one attached hydrogen (secondary N) is 3. The molecule has 31 heavy (non-hydrogen) atoms. The Bertz CT molecular complexity index is 613. The highest BCUT2D eigenvalue weighted by Gasteiger charge is 2.14. The lowest BCUT2D eigenvalue weighted by Gasteiger charge is -2.27. The van der Waals surface area contributed by atoms with E-state index in [1.165, 1.54) is 34.6 Å². The normalized spacial score (nSPS) is 10.2. The first-order valence-corrected chi connectivity index (χ1v) is 10.5. The first-order valence-electron chi connectivity index (χ1n) is 10.5. The number of nitrogens with zero attached hydrogens (tertiary/aromatic N) is 3. The molecule has 0 fully saturated rings. The molecule has 0 spiro atoms. The topological polar surface area (TPSA) is 131 Å². The van der Waals surface area contributed by atoms with Gasteiger partial charge in [-0.15, -0.1) is 0 Å². The smallest absolute Gasteiger partial charge is 0.219 e. The zero-order valence-corrected chi connectivity index (χ0v) is 19.5. The van der Waals surface area contributed by atoms with E-state index in [9.17, 15) is 24.0 Å². The number of carbonyl (C=O) groups is 5. The van der Waals surface area contributed by atoms with Crippen molar-refractivity contribution in [3.63, 3.8) is 0 Å². The summed E-state index contributed by atoms with van der Waals surface area (Å²) in [4.78, 5) is 62.2. The van der Waals surface area contributed by atoms with Crippen molar-refractivity contribution in [1.29, 1.82) is 0 Å². The van der Waals surface area contributed by atoms with Crippen molar-refractivity contribution in [2.45, 2.75) is 34.6 Å². The molecule has 11 heteroatoms. The molecule has 0 saturated carbocycles. The lowest BCUT2D eigenvalue weighted by Crippen LogP contribution is -2.45. The summed E-state index contributed by atoms with van der Waals surface area (Å²) in [6.07, 6.45) is 0. The minimum Gasteiger partial charge on any atom is -0.355 e. The lowest BCUT2D eigenvalue weighted by atomic mass is 10.3. The molecule has 0 aromatic rings. The lowest BCUT2D eigenvalue weighted by molar-refractivity contribution is -0.132. The minimum atomic E-state index is -0.154. The van der Waals surface area contributed by atoms with Crippen LogP contribution in [0.15, 0.2) is 0 Å². The Hall–Kier alpha value is -2.69. The fourth-order valence-corrected chi connectivity index (χ4v) is 2.81. The Morgan fingerprint density at radius 1 is 0.484 bits per heavy atom. The number of rotatable bonds is 15. The maximum atomic E-state index is 11.9. The molecule has 0 aliphatic heterocycles. The van der Waals surface area contributed by atoms with Crippen molar-refractivity contribution >= 4 is 29.5 Å². The zero-order valence-electron chi connectivity index (χ0n) is 19.5. The van der Waals surface area contributed by atoms with Crippen molar-refractivity contribution in [2.75, 3.05) is 65.4 Å². The molecule has 0 rings (SSSR count). The second kappa shape index (κ2) is 16.1. The second-order valence-electron chi connectivity index (χ2n) is 7.23. The molecule has 0 aliphatic rings. The van der Waals surface area contributed by atoms with Gasteiger partial charge in [-0.1, -0.05) is 0 Å². The number of amides is 5. The van der Waals surface area contributed by atoms with Crippen molar-refractivity contribution in [3.05, 3.63) is 0 Å². The Morgan fingerprint density at radius 3 is 1.06 bits per heavy atom. The molecule has 0 heterocycles. The van der Waals surface area contributed by atoms with E-state index in [2.05, 4.69) is 16.0 Å². The molecule has 178 valence electrons. The molecule has 5 amide bonds. The van der Waals surface area contributed by atoms with E-state index in [4.69, 9.17) is 0 Å². The van der Waals surface area contributed by atoms with Crippen LogP contribution in [0.5, 0.6) is 0 Å². The van der Waals surface area contributed by atoms with Crippen molar-refractivity contribution < 1.29 is 24.0 Å². The molecule has 0 aromatic heterocycles. The summed E-state index contributed by atoms with van der Waals surface area (Å²) in [5.74, 6) is -0.563. The molecule has 11 nitrogen and oxygen atoms in total. The maximum absolute atomic E-state index is 11.9. The van der Waals surface area contributed by atoms with E-state index in [1.54, 1.807) is 14.7 Å². The average molecular weight is 443 g/mol. The average Bonchev–Trinajstić information content (AvgIpc) is 2.65. The van der Waals surface area contributed by atoms with Crippen LogP contribution < -0.4 is 16.0 Å². The molecule has 0 aliphatic carbocycles. The monoisotopic (exact) mass is 442 g/mol. The third-order valence-corrected chi connectivity index (χ3v) is 4.60. The van der Waals surface area contributed by atoms with E-state index in [1.807, 2.05) is 0 Å². The van der Waals surface area contributed by atoms with Gasteiger partial charge in [0.1, 0.15) is 0 Å². The molecule has 0 unspecified atom stereocenters. The predicted molar refractivity (Wildman–Crippen MR) is 117 cm³/mol. The summed E-state index contributed by atoms with van der Waals surface area (Å²) in [6.45, 7) is 11.7. The SMILES string of the molecule is CC(=O)NCCN(CCNCCN(CCN(CCNC(C)=O)C(C)=O)C(C)=O)C(C)=O. The third-order valence-electron chi connectivity index (χ3n) is 4.60. The summed E-state index contributed by atoms with van der Waals surface area (Å²) in [7, 11) is 0. The standard InChI is InChI=1S/C20H38N6O5/c1-16(27)22-8-12-24(18(3)29)10-6-21-7-11-25(19(4)30)14-15-26(20(5)31)13-9-23-17(2)28/h21H,6-15H2,1-5H3,(H,22,27)(H,23,28). The van der Waals surface area contributed by atoms with Gasteiger partial charge in [-0.2, -0.15) is 0 Å². The Kier molecular flexibility index (Phi) is 14.7. The van der Waals surface area contributed by atoms with Crippen molar-refractivity contribution in [2.24, 2.45) is 0 Å². The van der Waals surface area contributed by atoms with Crippen LogP contribution in [0.25, 0.3) is 0 Å². The van der Waals surface area contributed by atoms with Gasteiger partial charge in [-0.05, 0) is 0 Å². The largest absolute Gasteiger partial charge is 0.355 e. The van der Waals surface area contributed by atoms with Gasteiger partial charge in [-0.25, -0.2) is 0 Å². The first-order chi connectivity index (χ1) is 14.5. The molecule has 3 N–H and O–H groups in total. The molecule has 0 radical (unpaired) electrons. The van der Waals surface area contributed by atoms with Crippen LogP contribution in [-0.4, -0.2) is 110 Å². The summed E-state index contributed by atoms with van der Waals surface area (Å²) < 4.78 is 0. The molecule has 0 atom stereocenters. The summed E-state index contributed by atoms with van der Waals surface area (Å²) in [5, 5.41) is 8.53. The Balaban J connectivity index is 4.32. The maximum Gasteiger partial charge on any atom is 0.219 e. The van der Waals surface area contributed by atoms with Crippen LogP contribution in [-0.2, 0) is 24.0 Å². The Morgan fingerprint density at radius 2 is 0.774 bits per heavy atom. The highest BCUT2D eigenvalue weighted by atomic mass is 16.2. The highest BCUT2D eigenvalue weighted by molar-refractivity contribution is 5.75. The van der Waals surface area contributed by atoms with E-state index >= 15 is 0 Å². The zero-order chi connectivity index (χ0) is 23.8. The summed E-state index contributed by atoms with van der Waals surface area (Å²) >= 11 is 0. The number of hydrogen-bond acceptors (Lipinski definition) is 6. The van der Waals surface area contributed by atoms with Crippen LogP contribution in [0, 0.1) is 0 Å². The quantitative estimate of drug-likeness (QED) is 0.262. The number of hydrogen-bond donors (Lipinski definition) is 3. The van der Waals surface area contributed by atoms with Crippen molar-refractivity contribution in [1.82, 2.24) is 30.7 Å². The van der Waals surface area contributed by atoms with E-state index in [-0.39, 0.29) is 29.5 Å². The van der Waals surface area contributed by atoms with Gasteiger partial charge in [0.25, 0.3) is 0 Å². The third kappa shape index (κ3) is 14.9. The molecule has 0 bridgehead atoms. The van der Waals surface area contributed by atoms with Crippen LogP contribution in [0.2, 0.25) is 0 Å². The minimum absolute atomic E-state index is 0.0684. The van der Waals surface area contributed by atoms with Gasteiger partial charge < -0.3 is 30.7 Å². The van der Waals surface area contributed by atoms with Crippen LogP contribution in [0.1, 0.15) is 34.6 Å². The predicted octanol–water partition coefficient (Wildman–Crippen LogP) is -1.61. The van der Waals surface area contributed by atoms with Crippen LogP contribution >= 0.6 is 0 Å². The molecule has 0 aromatic carbocycles. The van der Waals surface area contributed by atoms with Gasteiger partial charge in [0, 0.05) is 100 Å².